The first kappa shape index (κ1) is 13.7. The van der Waals surface area contributed by atoms with Crippen molar-refractivity contribution in [2.45, 2.75) is 9.79 Å². The van der Waals surface area contributed by atoms with Crippen molar-refractivity contribution in [1.82, 2.24) is 0 Å². The Balaban J connectivity index is 3.48. The highest BCUT2D eigenvalue weighted by Crippen LogP contribution is 2.21. The van der Waals surface area contributed by atoms with E-state index < -0.39 is 36.3 Å². The summed E-state index contributed by atoms with van der Waals surface area (Å²) in [6.07, 6.45) is 0.863. The van der Waals surface area contributed by atoms with Crippen LogP contribution in [0.4, 0.5) is 0 Å². The van der Waals surface area contributed by atoms with Gasteiger partial charge in [0, 0.05) is 6.26 Å². The van der Waals surface area contributed by atoms with E-state index in [-0.39, 0.29) is 4.90 Å². The smallest absolute Gasteiger partial charge is 0.319 e. The quantitative estimate of drug-likeness (QED) is 0.827. The zero-order valence-corrected chi connectivity index (χ0v) is 10.5. The average molecular weight is 278 g/mol. The first-order valence-electron chi connectivity index (χ1n) is 4.38. The van der Waals surface area contributed by atoms with Crippen LogP contribution in [0, 0.1) is 0 Å². The zero-order chi connectivity index (χ0) is 13.3. The Hall–Kier alpha value is -1.41. The second kappa shape index (κ2) is 4.46. The zero-order valence-electron chi connectivity index (χ0n) is 8.82. The molecule has 0 unspecified atom stereocenters. The molecule has 0 saturated carbocycles. The fourth-order valence-corrected chi connectivity index (χ4v) is 3.99. The lowest BCUT2D eigenvalue weighted by molar-refractivity contribution is -0.134. The normalized spacial score (nSPS) is 12.3. The Morgan fingerprint density at radius 3 is 2.00 bits per heavy atom. The lowest BCUT2D eigenvalue weighted by atomic mass is 10.4. The van der Waals surface area contributed by atoms with Crippen LogP contribution in [0.2, 0.25) is 0 Å². The van der Waals surface area contributed by atoms with Gasteiger partial charge < -0.3 is 5.11 Å². The number of rotatable bonds is 4. The largest absolute Gasteiger partial charge is 0.480 e. The van der Waals surface area contributed by atoms with Gasteiger partial charge in [0.2, 0.25) is 0 Å². The first-order valence-corrected chi connectivity index (χ1v) is 7.92. The van der Waals surface area contributed by atoms with Gasteiger partial charge in [-0.3, -0.25) is 4.79 Å². The molecule has 1 aromatic rings. The van der Waals surface area contributed by atoms with Gasteiger partial charge >= 0.3 is 5.97 Å². The molecule has 1 N–H and O–H groups in total. The molecule has 0 fully saturated rings. The SMILES string of the molecule is CS(=O)(=O)c1ccccc1S(=O)(=O)CC(=O)O. The van der Waals surface area contributed by atoms with Crippen molar-refractivity contribution in [3.8, 4) is 0 Å². The van der Waals surface area contributed by atoms with Crippen molar-refractivity contribution in [2.24, 2.45) is 0 Å². The van der Waals surface area contributed by atoms with E-state index in [1.54, 1.807) is 0 Å². The Morgan fingerprint density at radius 1 is 1.12 bits per heavy atom. The minimum Gasteiger partial charge on any atom is -0.480 e. The summed E-state index contributed by atoms with van der Waals surface area (Å²) in [5.74, 6) is -2.67. The number of hydrogen-bond acceptors (Lipinski definition) is 5. The molecule has 6 nitrogen and oxygen atoms in total. The van der Waals surface area contributed by atoms with Crippen molar-refractivity contribution in [1.29, 1.82) is 0 Å². The summed E-state index contributed by atoms with van der Waals surface area (Å²) in [6, 6.07) is 4.91. The van der Waals surface area contributed by atoms with Crippen LogP contribution < -0.4 is 0 Å². The Labute approximate surface area is 98.7 Å². The molecule has 8 heteroatoms. The van der Waals surface area contributed by atoms with E-state index in [9.17, 15) is 21.6 Å². The van der Waals surface area contributed by atoms with Crippen molar-refractivity contribution in [3.63, 3.8) is 0 Å². The second-order valence-corrected chi connectivity index (χ2v) is 7.31. The van der Waals surface area contributed by atoms with Gasteiger partial charge in [-0.05, 0) is 12.1 Å². The minimum atomic E-state index is -4.15. The molecule has 0 bridgehead atoms. The molecule has 0 atom stereocenters. The molecule has 17 heavy (non-hydrogen) atoms. The molecule has 1 rings (SSSR count). The monoisotopic (exact) mass is 278 g/mol. The highest BCUT2D eigenvalue weighted by Gasteiger charge is 2.25. The number of hydrogen-bond donors (Lipinski definition) is 1. The molecule has 0 aliphatic heterocycles. The van der Waals surface area contributed by atoms with Crippen molar-refractivity contribution < 1.29 is 26.7 Å². The molecule has 0 aliphatic rings. The van der Waals surface area contributed by atoms with Crippen LogP contribution >= 0.6 is 0 Å². The predicted octanol–water partition coefficient (Wildman–Crippen LogP) is -0.0516. The maximum absolute atomic E-state index is 11.7. The summed E-state index contributed by atoms with van der Waals surface area (Å²) in [4.78, 5) is 9.55. The van der Waals surface area contributed by atoms with Crippen molar-refractivity contribution in [2.75, 3.05) is 12.0 Å². The van der Waals surface area contributed by atoms with Crippen LogP contribution in [0.25, 0.3) is 0 Å². The lowest BCUT2D eigenvalue weighted by Crippen LogP contribution is -2.17. The van der Waals surface area contributed by atoms with Gasteiger partial charge in [-0.15, -0.1) is 0 Å². The molecule has 94 valence electrons. The van der Waals surface area contributed by atoms with Crippen molar-refractivity contribution in [3.05, 3.63) is 24.3 Å². The van der Waals surface area contributed by atoms with E-state index >= 15 is 0 Å². The first-order chi connectivity index (χ1) is 7.64. The summed E-state index contributed by atoms with van der Waals surface area (Å²) in [6.45, 7) is 0. The van der Waals surface area contributed by atoms with Gasteiger partial charge in [-0.1, -0.05) is 12.1 Å². The van der Waals surface area contributed by atoms with Gasteiger partial charge in [-0.25, -0.2) is 16.8 Å². The minimum absolute atomic E-state index is 0.388. The van der Waals surface area contributed by atoms with Crippen molar-refractivity contribution >= 4 is 25.6 Å². The molecule has 1 aromatic carbocycles. The maximum atomic E-state index is 11.7. The number of sulfone groups is 2. The van der Waals surface area contributed by atoms with Gasteiger partial charge in [-0.2, -0.15) is 0 Å². The standard InChI is InChI=1S/C9H10O6S2/c1-16(12,13)7-4-2-3-5-8(7)17(14,15)6-9(10)11/h2-5H,6H2,1H3,(H,10,11). The van der Waals surface area contributed by atoms with Gasteiger partial charge in [0.1, 0.15) is 0 Å². The molecule has 0 aromatic heterocycles. The maximum Gasteiger partial charge on any atom is 0.319 e. The molecule has 0 radical (unpaired) electrons. The third-order valence-corrected chi connectivity index (χ3v) is 4.83. The Morgan fingerprint density at radius 2 is 1.59 bits per heavy atom. The van der Waals surface area contributed by atoms with Crippen LogP contribution in [-0.2, 0) is 24.5 Å². The molecule has 0 amide bonds. The molecule has 0 heterocycles. The summed E-state index contributed by atoms with van der Waals surface area (Å²) in [7, 11) is -7.88. The summed E-state index contributed by atoms with van der Waals surface area (Å²) < 4.78 is 46.1. The van der Waals surface area contributed by atoms with E-state index in [0.29, 0.717) is 0 Å². The van der Waals surface area contributed by atoms with E-state index in [2.05, 4.69) is 0 Å². The molecular weight excluding hydrogens is 268 g/mol. The highest BCUT2D eigenvalue weighted by atomic mass is 32.2. The fraction of sp³-hybridized carbons (Fsp3) is 0.222. The van der Waals surface area contributed by atoms with Crippen LogP contribution in [0.5, 0.6) is 0 Å². The number of carboxylic acids is 1. The highest BCUT2D eigenvalue weighted by molar-refractivity contribution is 7.94. The third kappa shape index (κ3) is 3.27. The van der Waals surface area contributed by atoms with E-state index in [0.717, 1.165) is 18.4 Å². The summed E-state index contributed by atoms with van der Waals surface area (Å²) in [5, 5.41) is 8.48. The second-order valence-electron chi connectivity index (χ2n) is 3.37. The van der Waals surface area contributed by atoms with Gasteiger partial charge in [0.15, 0.2) is 25.4 Å². The van der Waals surface area contributed by atoms with E-state index in [1.165, 1.54) is 12.1 Å². The fourth-order valence-electron chi connectivity index (χ4n) is 1.25. The summed E-state index contributed by atoms with van der Waals surface area (Å²) in [5.41, 5.74) is 0. The molecule has 0 saturated heterocycles. The predicted molar refractivity (Wildman–Crippen MR) is 59.2 cm³/mol. The Kier molecular flexibility index (Phi) is 3.58. The molecule has 0 spiro atoms. The van der Waals surface area contributed by atoms with Crippen LogP contribution in [-0.4, -0.2) is 39.9 Å². The van der Waals surface area contributed by atoms with E-state index in [4.69, 9.17) is 5.11 Å². The molecular formula is C9H10O6S2. The number of carboxylic acid groups (broad SMARTS) is 1. The average Bonchev–Trinajstić information content (AvgIpc) is 2.14. The lowest BCUT2D eigenvalue weighted by Gasteiger charge is -2.06. The van der Waals surface area contributed by atoms with Gasteiger partial charge in [0.25, 0.3) is 0 Å². The number of benzene rings is 1. The van der Waals surface area contributed by atoms with Gasteiger partial charge in [0.05, 0.1) is 9.79 Å². The number of aliphatic carboxylic acids is 1. The number of carbonyl (C=O) groups is 1. The van der Waals surface area contributed by atoms with Crippen LogP contribution in [0.15, 0.2) is 34.1 Å². The molecule has 0 aliphatic carbocycles. The Bertz CT molecular complexity index is 642. The van der Waals surface area contributed by atoms with E-state index in [1.807, 2.05) is 0 Å². The van der Waals surface area contributed by atoms with Crippen LogP contribution in [0.3, 0.4) is 0 Å². The summed E-state index contributed by atoms with van der Waals surface area (Å²) >= 11 is 0. The topological polar surface area (TPSA) is 106 Å². The van der Waals surface area contributed by atoms with Crippen LogP contribution in [0.1, 0.15) is 0 Å². The third-order valence-electron chi connectivity index (χ3n) is 1.90.